The normalized spacial score (nSPS) is 11.3. The maximum absolute atomic E-state index is 13.4. The SMILES string of the molecule is Cc1ccc(C#Cc2ccc(C[C@@H](NC(=O)C(c3ccccc3)c3ccccc3)C(=O)O)cc2)cc1. The van der Waals surface area contributed by atoms with Crippen LogP contribution in [0.2, 0.25) is 0 Å². The molecule has 0 bridgehead atoms. The number of carboxylic acids is 1. The summed E-state index contributed by atoms with van der Waals surface area (Å²) in [5.74, 6) is 4.24. The first-order valence-corrected chi connectivity index (χ1v) is 11.8. The molecule has 0 aliphatic rings. The zero-order chi connectivity index (χ0) is 25.3. The van der Waals surface area contributed by atoms with Crippen LogP contribution in [0.1, 0.15) is 39.3 Å². The van der Waals surface area contributed by atoms with Gasteiger partial charge in [0.05, 0.1) is 5.92 Å². The maximum Gasteiger partial charge on any atom is 0.326 e. The van der Waals surface area contributed by atoms with Crippen LogP contribution in [0.15, 0.2) is 109 Å². The average Bonchev–Trinajstić information content (AvgIpc) is 2.90. The third-order valence-corrected chi connectivity index (χ3v) is 5.94. The minimum atomic E-state index is -1.08. The Balaban J connectivity index is 1.48. The zero-order valence-corrected chi connectivity index (χ0v) is 20.0. The second-order valence-corrected chi connectivity index (χ2v) is 8.67. The van der Waals surface area contributed by atoms with Gasteiger partial charge in [-0.2, -0.15) is 0 Å². The molecule has 4 aromatic carbocycles. The van der Waals surface area contributed by atoms with Gasteiger partial charge in [-0.1, -0.05) is 102 Å². The lowest BCUT2D eigenvalue weighted by Crippen LogP contribution is -2.44. The van der Waals surface area contributed by atoms with Crippen LogP contribution in [0.25, 0.3) is 0 Å². The maximum atomic E-state index is 13.4. The van der Waals surface area contributed by atoms with E-state index in [-0.39, 0.29) is 12.3 Å². The van der Waals surface area contributed by atoms with Crippen molar-refractivity contribution in [1.29, 1.82) is 0 Å². The van der Waals surface area contributed by atoms with Crippen molar-refractivity contribution in [3.05, 3.63) is 143 Å². The number of carboxylic acid groups (broad SMARTS) is 1. The fraction of sp³-hybridized carbons (Fsp3) is 0.125. The number of amides is 1. The van der Waals surface area contributed by atoms with Gasteiger partial charge in [-0.15, -0.1) is 0 Å². The predicted molar refractivity (Wildman–Crippen MR) is 142 cm³/mol. The van der Waals surface area contributed by atoms with Crippen LogP contribution in [0.5, 0.6) is 0 Å². The Morgan fingerprint density at radius 2 is 1.19 bits per heavy atom. The van der Waals surface area contributed by atoms with E-state index in [1.165, 1.54) is 5.56 Å². The fourth-order valence-corrected chi connectivity index (χ4v) is 3.98. The van der Waals surface area contributed by atoms with Crippen molar-refractivity contribution < 1.29 is 14.7 Å². The van der Waals surface area contributed by atoms with E-state index >= 15 is 0 Å². The molecular weight excluding hydrogens is 446 g/mol. The molecule has 0 radical (unpaired) electrons. The molecule has 0 heterocycles. The van der Waals surface area contributed by atoms with Crippen molar-refractivity contribution in [2.75, 3.05) is 0 Å². The molecule has 1 amide bonds. The second-order valence-electron chi connectivity index (χ2n) is 8.67. The van der Waals surface area contributed by atoms with Crippen molar-refractivity contribution in [1.82, 2.24) is 5.32 Å². The number of nitrogens with one attached hydrogen (secondary N) is 1. The summed E-state index contributed by atoms with van der Waals surface area (Å²) in [6.45, 7) is 2.03. The number of rotatable bonds is 7. The van der Waals surface area contributed by atoms with E-state index < -0.39 is 17.9 Å². The number of aryl methyl sites for hydroxylation is 1. The molecule has 0 aromatic heterocycles. The molecule has 0 aliphatic carbocycles. The summed E-state index contributed by atoms with van der Waals surface area (Å²) in [5.41, 5.74) is 5.38. The Kier molecular flexibility index (Phi) is 7.95. The second kappa shape index (κ2) is 11.7. The predicted octanol–water partition coefficient (Wildman–Crippen LogP) is 5.34. The molecule has 0 saturated carbocycles. The van der Waals surface area contributed by atoms with Gasteiger partial charge in [0.1, 0.15) is 6.04 Å². The highest BCUT2D eigenvalue weighted by Gasteiger charge is 2.27. The van der Waals surface area contributed by atoms with E-state index in [0.29, 0.717) is 0 Å². The number of carbonyl (C=O) groups excluding carboxylic acids is 1. The van der Waals surface area contributed by atoms with E-state index in [1.807, 2.05) is 116 Å². The summed E-state index contributed by atoms with van der Waals surface area (Å²) in [6.07, 6.45) is 0.170. The Bertz CT molecular complexity index is 1330. The lowest BCUT2D eigenvalue weighted by atomic mass is 9.90. The first kappa shape index (κ1) is 24.5. The first-order valence-electron chi connectivity index (χ1n) is 11.8. The largest absolute Gasteiger partial charge is 0.480 e. The Hall–Kier alpha value is -4.62. The van der Waals surface area contributed by atoms with Gasteiger partial charge in [0, 0.05) is 17.5 Å². The molecule has 0 fully saturated rings. The number of benzene rings is 4. The molecule has 4 nitrogen and oxygen atoms in total. The average molecular weight is 474 g/mol. The summed E-state index contributed by atoms with van der Waals surface area (Å²) in [6, 6.07) is 33.2. The molecule has 4 heteroatoms. The van der Waals surface area contributed by atoms with Crippen molar-refractivity contribution >= 4 is 11.9 Å². The Morgan fingerprint density at radius 3 is 1.67 bits per heavy atom. The van der Waals surface area contributed by atoms with Gasteiger partial charge in [0.25, 0.3) is 0 Å². The minimum absolute atomic E-state index is 0.170. The molecule has 36 heavy (non-hydrogen) atoms. The quantitative estimate of drug-likeness (QED) is 0.356. The van der Waals surface area contributed by atoms with Crippen LogP contribution in [-0.4, -0.2) is 23.0 Å². The number of carbonyl (C=O) groups is 2. The molecule has 4 rings (SSSR count). The van der Waals surface area contributed by atoms with Crippen LogP contribution < -0.4 is 5.32 Å². The van der Waals surface area contributed by atoms with Crippen LogP contribution >= 0.6 is 0 Å². The smallest absolute Gasteiger partial charge is 0.326 e. The monoisotopic (exact) mass is 473 g/mol. The van der Waals surface area contributed by atoms with Crippen LogP contribution in [0.4, 0.5) is 0 Å². The Morgan fingerprint density at radius 1 is 0.722 bits per heavy atom. The van der Waals surface area contributed by atoms with Gasteiger partial charge in [-0.05, 0) is 47.9 Å². The molecule has 178 valence electrons. The van der Waals surface area contributed by atoms with E-state index in [9.17, 15) is 14.7 Å². The van der Waals surface area contributed by atoms with Crippen molar-refractivity contribution in [2.45, 2.75) is 25.3 Å². The van der Waals surface area contributed by atoms with Crippen molar-refractivity contribution in [3.63, 3.8) is 0 Å². The topological polar surface area (TPSA) is 66.4 Å². The highest BCUT2D eigenvalue weighted by molar-refractivity contribution is 5.90. The summed E-state index contributed by atoms with van der Waals surface area (Å²) in [7, 11) is 0. The highest BCUT2D eigenvalue weighted by atomic mass is 16.4. The molecule has 0 spiro atoms. The lowest BCUT2D eigenvalue weighted by molar-refractivity contribution is -0.141. The molecule has 4 aromatic rings. The molecular formula is C32H27NO3. The third-order valence-electron chi connectivity index (χ3n) is 5.94. The fourth-order valence-electron chi connectivity index (χ4n) is 3.98. The number of aliphatic carboxylic acids is 1. The summed E-state index contributed by atoms with van der Waals surface area (Å²) in [4.78, 5) is 25.4. The standard InChI is InChI=1S/C32H27NO3/c1-23-12-14-24(15-13-23)16-17-25-18-20-26(21-19-25)22-29(32(35)36)33-31(34)30(27-8-4-2-5-9-27)28-10-6-3-7-11-28/h2-15,18-21,29-30H,22H2,1H3,(H,33,34)(H,35,36)/t29-/m1/s1. The molecule has 0 unspecified atom stereocenters. The molecule has 1 atom stereocenters. The summed E-state index contributed by atoms with van der Waals surface area (Å²) >= 11 is 0. The van der Waals surface area contributed by atoms with Crippen molar-refractivity contribution in [3.8, 4) is 11.8 Å². The molecule has 0 saturated heterocycles. The summed E-state index contributed by atoms with van der Waals surface area (Å²) < 4.78 is 0. The van der Waals surface area contributed by atoms with Gasteiger partial charge in [-0.3, -0.25) is 4.79 Å². The van der Waals surface area contributed by atoms with E-state index in [4.69, 9.17) is 0 Å². The number of hydrogen-bond acceptors (Lipinski definition) is 2. The van der Waals surface area contributed by atoms with Crippen LogP contribution in [-0.2, 0) is 16.0 Å². The summed E-state index contributed by atoms with van der Waals surface area (Å²) in [5, 5.41) is 12.6. The Labute approximate surface area is 211 Å². The van der Waals surface area contributed by atoms with Crippen LogP contribution in [0.3, 0.4) is 0 Å². The minimum Gasteiger partial charge on any atom is -0.480 e. The van der Waals surface area contributed by atoms with E-state index in [0.717, 1.165) is 27.8 Å². The zero-order valence-electron chi connectivity index (χ0n) is 20.0. The lowest BCUT2D eigenvalue weighted by Gasteiger charge is -2.21. The molecule has 2 N–H and O–H groups in total. The third kappa shape index (κ3) is 6.49. The van der Waals surface area contributed by atoms with Gasteiger partial charge < -0.3 is 10.4 Å². The molecule has 0 aliphatic heterocycles. The van der Waals surface area contributed by atoms with Crippen molar-refractivity contribution in [2.24, 2.45) is 0 Å². The highest BCUT2D eigenvalue weighted by Crippen LogP contribution is 2.25. The van der Waals surface area contributed by atoms with E-state index in [1.54, 1.807) is 0 Å². The number of hydrogen-bond donors (Lipinski definition) is 2. The van der Waals surface area contributed by atoms with Gasteiger partial charge in [0.15, 0.2) is 0 Å². The first-order chi connectivity index (χ1) is 17.5. The van der Waals surface area contributed by atoms with Gasteiger partial charge in [-0.25, -0.2) is 4.79 Å². The van der Waals surface area contributed by atoms with E-state index in [2.05, 4.69) is 17.2 Å². The van der Waals surface area contributed by atoms with Gasteiger partial charge >= 0.3 is 5.97 Å². The van der Waals surface area contributed by atoms with Crippen LogP contribution in [0, 0.1) is 18.8 Å². The van der Waals surface area contributed by atoms with Gasteiger partial charge in [0.2, 0.25) is 5.91 Å².